The number of likely N-dealkylation sites (tertiary alicyclic amines) is 1. The van der Waals surface area contributed by atoms with Crippen LogP contribution < -0.4 is 16.4 Å². The summed E-state index contributed by atoms with van der Waals surface area (Å²) in [5.74, 6) is 0.468. The fraction of sp³-hybridized carbons (Fsp3) is 0.600. The molecule has 6 nitrogen and oxygen atoms in total. The Labute approximate surface area is 161 Å². The maximum absolute atomic E-state index is 13.3. The maximum Gasteiger partial charge on any atom is 0.220 e. The van der Waals surface area contributed by atoms with Crippen LogP contribution in [0.4, 0.5) is 4.39 Å². The maximum atomic E-state index is 13.3. The highest BCUT2D eigenvalue weighted by Crippen LogP contribution is 2.16. The molecule has 27 heavy (non-hydrogen) atoms. The average Bonchev–Trinajstić information content (AvgIpc) is 2.67. The molecule has 7 heteroatoms. The number of nitrogens with zero attached hydrogens (tertiary/aromatic N) is 2. The summed E-state index contributed by atoms with van der Waals surface area (Å²) in [4.78, 5) is 17.8. The minimum Gasteiger partial charge on any atom is -0.369 e. The van der Waals surface area contributed by atoms with Crippen molar-refractivity contribution in [1.82, 2.24) is 15.5 Å². The van der Waals surface area contributed by atoms with Gasteiger partial charge in [-0.15, -0.1) is 0 Å². The lowest BCUT2D eigenvalue weighted by atomic mass is 9.96. The van der Waals surface area contributed by atoms with E-state index in [9.17, 15) is 9.18 Å². The Bertz CT molecular complexity index is 641. The second-order valence-corrected chi connectivity index (χ2v) is 7.16. The Hall–Kier alpha value is -2.15. The lowest BCUT2D eigenvalue weighted by Crippen LogP contribution is -2.39. The van der Waals surface area contributed by atoms with Crippen molar-refractivity contribution in [2.45, 2.75) is 39.2 Å². The molecule has 0 radical (unpaired) electrons. The van der Waals surface area contributed by atoms with Gasteiger partial charge >= 0.3 is 0 Å². The number of hydrogen-bond donors (Lipinski definition) is 3. The SMILES string of the molecule is CN=C(NCCCCN1CCC(C(N)=O)CC1)NCc1ccc(F)c(C)c1. The number of unbranched alkanes of at least 4 members (excludes halogenated alkanes) is 1. The lowest BCUT2D eigenvalue weighted by Gasteiger charge is -2.30. The highest BCUT2D eigenvalue weighted by molar-refractivity contribution is 5.79. The van der Waals surface area contributed by atoms with Crippen molar-refractivity contribution in [3.8, 4) is 0 Å². The summed E-state index contributed by atoms with van der Waals surface area (Å²) in [5.41, 5.74) is 7.04. The molecule has 1 saturated heterocycles. The average molecular weight is 378 g/mol. The zero-order valence-corrected chi connectivity index (χ0v) is 16.4. The van der Waals surface area contributed by atoms with Crippen molar-refractivity contribution >= 4 is 11.9 Å². The molecule has 0 atom stereocenters. The molecule has 1 heterocycles. The van der Waals surface area contributed by atoms with Gasteiger partial charge in [0.05, 0.1) is 0 Å². The number of primary amides is 1. The van der Waals surface area contributed by atoms with E-state index in [-0.39, 0.29) is 17.6 Å². The fourth-order valence-corrected chi connectivity index (χ4v) is 3.33. The van der Waals surface area contributed by atoms with Crippen LogP contribution in [0.5, 0.6) is 0 Å². The second-order valence-electron chi connectivity index (χ2n) is 7.16. The number of rotatable bonds is 8. The Morgan fingerprint density at radius 3 is 2.67 bits per heavy atom. The Morgan fingerprint density at radius 2 is 2.04 bits per heavy atom. The molecule has 150 valence electrons. The first-order valence-electron chi connectivity index (χ1n) is 9.71. The fourth-order valence-electron chi connectivity index (χ4n) is 3.33. The van der Waals surface area contributed by atoms with Crippen molar-refractivity contribution < 1.29 is 9.18 Å². The number of nitrogens with two attached hydrogens (primary N) is 1. The molecule has 0 saturated carbocycles. The smallest absolute Gasteiger partial charge is 0.220 e. The number of guanidine groups is 1. The number of aliphatic imine (C=N–C) groups is 1. The molecule has 2 rings (SSSR count). The third-order valence-electron chi connectivity index (χ3n) is 5.09. The Kier molecular flexibility index (Phi) is 8.51. The van der Waals surface area contributed by atoms with Gasteiger partial charge in [-0.3, -0.25) is 9.79 Å². The van der Waals surface area contributed by atoms with Crippen molar-refractivity contribution in [2.75, 3.05) is 33.2 Å². The minimum absolute atomic E-state index is 0.0576. The van der Waals surface area contributed by atoms with E-state index in [1.54, 1.807) is 20.0 Å². The van der Waals surface area contributed by atoms with Crippen LogP contribution in [0, 0.1) is 18.7 Å². The van der Waals surface area contributed by atoms with Gasteiger partial charge in [-0.25, -0.2) is 4.39 Å². The van der Waals surface area contributed by atoms with Gasteiger partial charge in [0.15, 0.2) is 5.96 Å². The van der Waals surface area contributed by atoms with Gasteiger partial charge in [0.1, 0.15) is 5.82 Å². The van der Waals surface area contributed by atoms with Gasteiger partial charge < -0.3 is 21.3 Å². The van der Waals surface area contributed by atoms with Crippen molar-refractivity contribution in [1.29, 1.82) is 0 Å². The van der Waals surface area contributed by atoms with E-state index in [1.807, 2.05) is 6.07 Å². The van der Waals surface area contributed by atoms with Gasteiger partial charge in [-0.2, -0.15) is 0 Å². The summed E-state index contributed by atoms with van der Waals surface area (Å²) in [6.07, 6.45) is 3.91. The number of hydrogen-bond acceptors (Lipinski definition) is 3. The van der Waals surface area contributed by atoms with Gasteiger partial charge in [-0.05, 0) is 69.4 Å². The predicted octanol–water partition coefficient (Wildman–Crippen LogP) is 1.78. The highest BCUT2D eigenvalue weighted by atomic mass is 19.1. The van der Waals surface area contributed by atoms with Crippen LogP contribution in [0.25, 0.3) is 0 Å². The van der Waals surface area contributed by atoms with Gasteiger partial charge in [0.25, 0.3) is 0 Å². The Balaban J connectivity index is 1.58. The molecule has 1 fully saturated rings. The predicted molar refractivity (Wildman–Crippen MR) is 107 cm³/mol. The van der Waals surface area contributed by atoms with E-state index in [1.165, 1.54) is 6.07 Å². The summed E-state index contributed by atoms with van der Waals surface area (Å²) < 4.78 is 13.3. The molecule has 1 amide bonds. The number of piperidine rings is 1. The highest BCUT2D eigenvalue weighted by Gasteiger charge is 2.22. The van der Waals surface area contributed by atoms with Crippen LogP contribution in [-0.2, 0) is 11.3 Å². The number of amides is 1. The summed E-state index contributed by atoms with van der Waals surface area (Å²) in [7, 11) is 1.74. The molecule has 1 aliphatic heterocycles. The zero-order valence-electron chi connectivity index (χ0n) is 16.4. The molecule has 4 N–H and O–H groups in total. The Morgan fingerprint density at radius 1 is 1.30 bits per heavy atom. The van der Waals surface area contributed by atoms with Crippen LogP contribution >= 0.6 is 0 Å². The first-order valence-corrected chi connectivity index (χ1v) is 9.71. The van der Waals surface area contributed by atoms with Crippen LogP contribution in [-0.4, -0.2) is 50.0 Å². The molecule has 1 aromatic carbocycles. The molecular formula is C20H32FN5O. The molecule has 0 unspecified atom stereocenters. The van der Waals surface area contributed by atoms with E-state index in [4.69, 9.17) is 5.73 Å². The molecular weight excluding hydrogens is 345 g/mol. The van der Waals surface area contributed by atoms with E-state index in [0.29, 0.717) is 12.1 Å². The number of carbonyl (C=O) groups excluding carboxylic acids is 1. The van der Waals surface area contributed by atoms with E-state index >= 15 is 0 Å². The number of halogens is 1. The minimum atomic E-state index is -0.180. The molecule has 1 aliphatic rings. The van der Waals surface area contributed by atoms with E-state index in [2.05, 4.69) is 20.5 Å². The largest absolute Gasteiger partial charge is 0.369 e. The standard InChI is InChI=1S/C20H32FN5O/c1-15-13-16(5-6-18(15)21)14-25-20(23-2)24-9-3-4-10-26-11-7-17(8-12-26)19(22)27/h5-6,13,17H,3-4,7-12,14H2,1-2H3,(H2,22,27)(H2,23,24,25). The summed E-state index contributed by atoms with van der Waals surface area (Å²) in [6, 6.07) is 5.12. The number of nitrogens with one attached hydrogen (secondary N) is 2. The third-order valence-corrected chi connectivity index (χ3v) is 5.09. The monoisotopic (exact) mass is 377 g/mol. The second kappa shape index (κ2) is 10.9. The number of carbonyl (C=O) groups is 1. The van der Waals surface area contributed by atoms with Crippen LogP contribution in [0.2, 0.25) is 0 Å². The van der Waals surface area contributed by atoms with Crippen LogP contribution in [0.15, 0.2) is 23.2 Å². The number of benzene rings is 1. The summed E-state index contributed by atoms with van der Waals surface area (Å²) in [6.45, 7) is 6.19. The van der Waals surface area contributed by atoms with Crippen molar-refractivity contribution in [2.24, 2.45) is 16.6 Å². The summed E-state index contributed by atoms with van der Waals surface area (Å²) in [5, 5.41) is 6.56. The third kappa shape index (κ3) is 7.17. The first kappa shape index (κ1) is 21.2. The van der Waals surface area contributed by atoms with Crippen molar-refractivity contribution in [3.05, 3.63) is 35.1 Å². The van der Waals surface area contributed by atoms with E-state index in [0.717, 1.165) is 63.4 Å². The zero-order chi connectivity index (χ0) is 19.6. The molecule has 0 aromatic heterocycles. The lowest BCUT2D eigenvalue weighted by molar-refractivity contribution is -0.123. The molecule has 1 aromatic rings. The number of aryl methyl sites for hydroxylation is 1. The van der Waals surface area contributed by atoms with Gasteiger partial charge in [0.2, 0.25) is 5.91 Å². The first-order chi connectivity index (χ1) is 13.0. The molecule has 0 bridgehead atoms. The quantitative estimate of drug-likeness (QED) is 0.366. The van der Waals surface area contributed by atoms with E-state index < -0.39 is 0 Å². The molecule has 0 spiro atoms. The van der Waals surface area contributed by atoms with Gasteiger partial charge in [0, 0.05) is 26.1 Å². The molecule has 0 aliphatic carbocycles. The summed E-state index contributed by atoms with van der Waals surface area (Å²) >= 11 is 0. The van der Waals surface area contributed by atoms with Crippen LogP contribution in [0.1, 0.15) is 36.8 Å². The van der Waals surface area contributed by atoms with Crippen molar-refractivity contribution in [3.63, 3.8) is 0 Å². The van der Waals surface area contributed by atoms with Gasteiger partial charge in [-0.1, -0.05) is 12.1 Å². The normalized spacial score (nSPS) is 16.3. The topological polar surface area (TPSA) is 82.8 Å². The van der Waals surface area contributed by atoms with Crippen LogP contribution in [0.3, 0.4) is 0 Å².